The number of nitrogens with one attached hydrogen (secondary N) is 1. The van der Waals surface area contributed by atoms with Crippen molar-refractivity contribution >= 4 is 28.9 Å². The Morgan fingerprint density at radius 1 is 1.37 bits per heavy atom. The van der Waals surface area contributed by atoms with Crippen LogP contribution in [0.3, 0.4) is 0 Å². The lowest BCUT2D eigenvalue weighted by Crippen LogP contribution is -2.18. The highest BCUT2D eigenvalue weighted by Crippen LogP contribution is 2.34. The average molecular weight is 390 g/mol. The average Bonchev–Trinajstić information content (AvgIpc) is 3.36. The number of halogens is 1. The van der Waals surface area contributed by atoms with Crippen molar-refractivity contribution in [3.63, 3.8) is 0 Å². The molecule has 4 N–H and O–H groups in total. The van der Waals surface area contributed by atoms with E-state index in [4.69, 9.17) is 22.4 Å². The summed E-state index contributed by atoms with van der Waals surface area (Å²) in [6.07, 6.45) is 6.09. The maximum absolute atomic E-state index is 9.51. The summed E-state index contributed by atoms with van der Waals surface area (Å²) >= 11 is 6.24. The van der Waals surface area contributed by atoms with E-state index < -0.39 is 0 Å². The summed E-state index contributed by atoms with van der Waals surface area (Å²) in [6, 6.07) is 4.10. The van der Waals surface area contributed by atoms with Gasteiger partial charge in [0, 0.05) is 37.8 Å². The second kappa shape index (κ2) is 7.36. The molecule has 2 atom stereocenters. The van der Waals surface area contributed by atoms with Crippen LogP contribution in [0.1, 0.15) is 36.7 Å². The first-order chi connectivity index (χ1) is 13.1. The lowest BCUT2D eigenvalue weighted by molar-refractivity contribution is 0.190. The number of fused-ring (bicyclic) bond motifs is 1. The summed E-state index contributed by atoms with van der Waals surface area (Å²) in [4.78, 5) is 4.50. The van der Waals surface area contributed by atoms with Crippen molar-refractivity contribution < 1.29 is 5.11 Å². The number of aliphatic hydroxyl groups excluding tert-OH is 1. The Labute approximate surface area is 162 Å². The van der Waals surface area contributed by atoms with Crippen LogP contribution in [0.2, 0.25) is 5.02 Å². The fourth-order valence-electron chi connectivity index (χ4n) is 3.80. The van der Waals surface area contributed by atoms with Crippen molar-refractivity contribution in [3.8, 4) is 0 Å². The van der Waals surface area contributed by atoms with Gasteiger partial charge >= 0.3 is 0 Å². The number of rotatable bonds is 6. The Balaban J connectivity index is 1.40. The highest BCUT2D eigenvalue weighted by molar-refractivity contribution is 6.34. The van der Waals surface area contributed by atoms with Crippen LogP contribution in [0.4, 0.5) is 11.6 Å². The first-order valence-corrected chi connectivity index (χ1v) is 9.64. The molecule has 9 heteroatoms. The van der Waals surface area contributed by atoms with Crippen molar-refractivity contribution in [1.82, 2.24) is 24.4 Å². The third-order valence-electron chi connectivity index (χ3n) is 5.26. The van der Waals surface area contributed by atoms with Crippen LogP contribution in [0, 0.1) is 12.8 Å². The SMILES string of the molecule is Cc1nn2c(N)cc(NCCc3ccn(C4CCCC4CO)n3)nc2c1Cl. The second-order valence-electron chi connectivity index (χ2n) is 7.11. The summed E-state index contributed by atoms with van der Waals surface area (Å²) in [5.74, 6) is 1.47. The molecule has 2 unspecified atom stereocenters. The maximum atomic E-state index is 9.51. The molecule has 0 spiro atoms. The van der Waals surface area contributed by atoms with E-state index in [1.807, 2.05) is 23.9 Å². The predicted molar refractivity (Wildman–Crippen MR) is 105 cm³/mol. The topological polar surface area (TPSA) is 106 Å². The van der Waals surface area contributed by atoms with Crippen LogP contribution < -0.4 is 11.1 Å². The van der Waals surface area contributed by atoms with Gasteiger partial charge in [0.25, 0.3) is 0 Å². The van der Waals surface area contributed by atoms with Gasteiger partial charge in [-0.05, 0) is 25.8 Å². The van der Waals surface area contributed by atoms with Crippen LogP contribution >= 0.6 is 11.6 Å². The summed E-state index contributed by atoms with van der Waals surface area (Å²) in [5, 5.41) is 22.3. The minimum Gasteiger partial charge on any atom is -0.396 e. The Morgan fingerprint density at radius 3 is 3.04 bits per heavy atom. The molecule has 1 aliphatic carbocycles. The van der Waals surface area contributed by atoms with Gasteiger partial charge in [0.1, 0.15) is 16.7 Å². The molecular weight excluding hydrogens is 366 g/mol. The monoisotopic (exact) mass is 389 g/mol. The zero-order valence-corrected chi connectivity index (χ0v) is 16.0. The van der Waals surface area contributed by atoms with Gasteiger partial charge in [-0.1, -0.05) is 18.0 Å². The van der Waals surface area contributed by atoms with Gasteiger partial charge in [-0.15, -0.1) is 0 Å². The molecular formula is C18H24ClN7O. The lowest BCUT2D eigenvalue weighted by atomic mass is 10.1. The standard InChI is InChI=1S/C18H24ClN7O/c1-11-17(19)18-22-16(9-15(20)26(18)23-11)21-7-5-13-6-8-25(24-13)14-4-2-3-12(14)10-27/h6,8-9,12,14,27H,2-5,7,10,20H2,1H3,(H,21,22). The highest BCUT2D eigenvalue weighted by Gasteiger charge is 2.28. The molecule has 3 aromatic rings. The largest absolute Gasteiger partial charge is 0.396 e. The third-order valence-corrected chi connectivity index (χ3v) is 5.71. The Bertz CT molecular complexity index is 951. The quantitative estimate of drug-likeness (QED) is 0.598. The van der Waals surface area contributed by atoms with Gasteiger partial charge in [-0.25, -0.2) is 4.98 Å². The van der Waals surface area contributed by atoms with E-state index in [1.54, 1.807) is 10.6 Å². The number of aromatic nitrogens is 5. The molecule has 0 saturated heterocycles. The third kappa shape index (κ3) is 3.46. The number of nitrogens with zero attached hydrogens (tertiary/aromatic N) is 5. The number of aryl methyl sites for hydroxylation is 1. The molecule has 3 heterocycles. The van der Waals surface area contributed by atoms with Gasteiger partial charge < -0.3 is 16.2 Å². The molecule has 27 heavy (non-hydrogen) atoms. The number of anilines is 2. The minimum atomic E-state index is 0.230. The number of hydrogen-bond donors (Lipinski definition) is 3. The fraction of sp³-hybridized carbons (Fsp3) is 0.500. The summed E-state index contributed by atoms with van der Waals surface area (Å²) in [5.41, 5.74) is 8.31. The first-order valence-electron chi connectivity index (χ1n) is 9.27. The minimum absolute atomic E-state index is 0.230. The summed E-state index contributed by atoms with van der Waals surface area (Å²) in [7, 11) is 0. The summed E-state index contributed by atoms with van der Waals surface area (Å²) < 4.78 is 3.56. The summed E-state index contributed by atoms with van der Waals surface area (Å²) in [6.45, 7) is 2.73. The zero-order chi connectivity index (χ0) is 19.0. The molecule has 0 aromatic carbocycles. The maximum Gasteiger partial charge on any atom is 0.178 e. The van der Waals surface area contributed by atoms with Crippen molar-refractivity contribution in [2.45, 2.75) is 38.6 Å². The van der Waals surface area contributed by atoms with E-state index >= 15 is 0 Å². The van der Waals surface area contributed by atoms with Gasteiger partial charge in [0.2, 0.25) is 0 Å². The van der Waals surface area contributed by atoms with Crippen molar-refractivity contribution in [2.24, 2.45) is 5.92 Å². The first kappa shape index (κ1) is 18.1. The van der Waals surface area contributed by atoms with Crippen LogP contribution in [0.15, 0.2) is 18.3 Å². The molecule has 8 nitrogen and oxygen atoms in total. The van der Waals surface area contributed by atoms with Gasteiger partial charge in [0.05, 0.1) is 17.4 Å². The molecule has 0 bridgehead atoms. The van der Waals surface area contributed by atoms with Crippen molar-refractivity contribution in [3.05, 3.63) is 34.7 Å². The van der Waals surface area contributed by atoms with E-state index in [9.17, 15) is 5.11 Å². The normalized spacial score (nSPS) is 19.8. The number of hydrogen-bond acceptors (Lipinski definition) is 6. The zero-order valence-electron chi connectivity index (χ0n) is 15.3. The molecule has 0 aliphatic heterocycles. The molecule has 4 rings (SSSR count). The van der Waals surface area contributed by atoms with E-state index in [0.717, 1.165) is 31.4 Å². The smallest absolute Gasteiger partial charge is 0.178 e. The number of nitrogen functional groups attached to an aromatic ring is 1. The van der Waals surface area contributed by atoms with E-state index in [-0.39, 0.29) is 6.61 Å². The molecule has 3 aromatic heterocycles. The Kier molecular flexibility index (Phi) is 4.92. The van der Waals surface area contributed by atoms with Gasteiger partial charge in [0.15, 0.2) is 5.65 Å². The van der Waals surface area contributed by atoms with Crippen LogP contribution in [0.25, 0.3) is 5.65 Å². The fourth-order valence-corrected chi connectivity index (χ4v) is 3.96. The molecule has 1 saturated carbocycles. The molecule has 1 fully saturated rings. The molecule has 0 radical (unpaired) electrons. The predicted octanol–water partition coefficient (Wildman–Crippen LogP) is 2.46. The Hall–Kier alpha value is -2.32. The highest BCUT2D eigenvalue weighted by atomic mass is 35.5. The van der Waals surface area contributed by atoms with Gasteiger partial charge in [-0.3, -0.25) is 4.68 Å². The number of aliphatic hydroxyl groups is 1. The number of nitrogens with two attached hydrogens (primary N) is 1. The molecule has 0 amide bonds. The van der Waals surface area contributed by atoms with E-state index in [0.29, 0.717) is 46.5 Å². The van der Waals surface area contributed by atoms with Crippen molar-refractivity contribution in [2.75, 3.05) is 24.2 Å². The molecule has 1 aliphatic rings. The second-order valence-corrected chi connectivity index (χ2v) is 7.48. The molecule has 144 valence electrons. The lowest BCUT2D eigenvalue weighted by Gasteiger charge is -2.17. The van der Waals surface area contributed by atoms with E-state index in [1.165, 1.54) is 0 Å². The van der Waals surface area contributed by atoms with Crippen LogP contribution in [-0.4, -0.2) is 42.6 Å². The van der Waals surface area contributed by atoms with Gasteiger partial charge in [-0.2, -0.15) is 14.7 Å². The van der Waals surface area contributed by atoms with Crippen molar-refractivity contribution in [1.29, 1.82) is 0 Å². The van der Waals surface area contributed by atoms with Crippen LogP contribution in [-0.2, 0) is 6.42 Å². The van der Waals surface area contributed by atoms with Crippen LogP contribution in [0.5, 0.6) is 0 Å². The Morgan fingerprint density at radius 2 is 2.22 bits per heavy atom. The van der Waals surface area contributed by atoms with E-state index in [2.05, 4.69) is 15.4 Å².